The summed E-state index contributed by atoms with van der Waals surface area (Å²) in [6, 6.07) is 0. The summed E-state index contributed by atoms with van der Waals surface area (Å²) in [7, 11) is 0. The Morgan fingerprint density at radius 2 is 1.62 bits per heavy atom. The first-order valence-electron chi connectivity index (χ1n) is 2.54. The van der Waals surface area contributed by atoms with E-state index in [2.05, 4.69) is 10.6 Å². The van der Waals surface area contributed by atoms with Gasteiger partial charge < -0.3 is 5.32 Å². The van der Waals surface area contributed by atoms with E-state index in [1.54, 1.807) is 0 Å². The fourth-order valence-corrected chi connectivity index (χ4v) is 1.24. The Bertz CT molecular complexity index is 70.4. The van der Waals surface area contributed by atoms with Crippen LogP contribution in [0, 0.1) is 0 Å². The van der Waals surface area contributed by atoms with Crippen LogP contribution in [0.5, 0.6) is 0 Å². The molecule has 0 aromatic heterocycles. The van der Waals surface area contributed by atoms with Gasteiger partial charge >= 0.3 is 0 Å². The number of halogens is 2. The zero-order valence-electron chi connectivity index (χ0n) is 4.32. The third-order valence-electron chi connectivity index (χ3n) is 1.01. The van der Waals surface area contributed by atoms with Crippen molar-refractivity contribution in [3.8, 4) is 0 Å². The van der Waals surface area contributed by atoms with Crippen molar-refractivity contribution >= 4 is 23.2 Å². The summed E-state index contributed by atoms with van der Waals surface area (Å²) >= 11 is 11.3. The van der Waals surface area contributed by atoms with E-state index in [0.29, 0.717) is 0 Å². The molecule has 4 heteroatoms. The van der Waals surface area contributed by atoms with Crippen molar-refractivity contribution < 1.29 is 0 Å². The minimum atomic E-state index is -0.00810. The molecule has 1 aliphatic heterocycles. The van der Waals surface area contributed by atoms with Crippen LogP contribution in [0.4, 0.5) is 0 Å². The molecule has 2 unspecified atom stereocenters. The normalized spacial score (nSPS) is 39.8. The second-order valence-electron chi connectivity index (χ2n) is 1.76. The summed E-state index contributed by atoms with van der Waals surface area (Å²) in [5.41, 5.74) is -0.0162. The van der Waals surface area contributed by atoms with Crippen LogP contribution in [0.2, 0.25) is 0 Å². The van der Waals surface area contributed by atoms with Crippen molar-refractivity contribution in [1.82, 2.24) is 10.6 Å². The number of alkyl halides is 2. The molecule has 0 amide bonds. The molecule has 0 saturated carbocycles. The summed E-state index contributed by atoms with van der Waals surface area (Å²) < 4.78 is 0. The quantitative estimate of drug-likeness (QED) is 0.388. The molecule has 48 valence electrons. The molecule has 1 saturated heterocycles. The molecule has 1 heterocycles. The van der Waals surface area contributed by atoms with E-state index in [4.69, 9.17) is 23.2 Å². The van der Waals surface area contributed by atoms with Crippen molar-refractivity contribution in [2.75, 3.05) is 13.1 Å². The summed E-state index contributed by atoms with van der Waals surface area (Å²) in [4.78, 5) is 0. The molecular weight excluding hydrogens is 147 g/mol. The predicted octanol–water partition coefficient (Wildman–Crippen LogP) is 0.309. The molecule has 0 spiro atoms. The number of rotatable bonds is 0. The lowest BCUT2D eigenvalue weighted by molar-refractivity contribution is 0.471. The summed E-state index contributed by atoms with van der Waals surface area (Å²) in [5, 5.41) is 6.01. The molecule has 1 aliphatic rings. The Hall–Kier alpha value is 0.500. The predicted molar refractivity (Wildman–Crippen MR) is 35.3 cm³/mol. The van der Waals surface area contributed by atoms with Gasteiger partial charge in [-0.3, -0.25) is 5.32 Å². The van der Waals surface area contributed by atoms with E-state index >= 15 is 0 Å². The largest absolute Gasteiger partial charge is 0.311 e. The second-order valence-corrected chi connectivity index (χ2v) is 2.81. The first kappa shape index (κ1) is 6.62. The van der Waals surface area contributed by atoms with E-state index in [1.165, 1.54) is 0 Å². The van der Waals surface area contributed by atoms with Crippen molar-refractivity contribution in [2.24, 2.45) is 0 Å². The smallest absolute Gasteiger partial charge is 0.0963 e. The highest BCUT2D eigenvalue weighted by molar-refractivity contribution is 6.23. The van der Waals surface area contributed by atoms with Crippen LogP contribution < -0.4 is 10.6 Å². The Morgan fingerprint density at radius 3 is 1.88 bits per heavy atom. The molecule has 0 aromatic carbocycles. The topological polar surface area (TPSA) is 24.1 Å². The average molecular weight is 155 g/mol. The van der Waals surface area contributed by atoms with Crippen LogP contribution in [0.25, 0.3) is 0 Å². The van der Waals surface area contributed by atoms with E-state index in [-0.39, 0.29) is 11.0 Å². The molecule has 2 N–H and O–H groups in total. The molecule has 0 bridgehead atoms. The van der Waals surface area contributed by atoms with Gasteiger partial charge in [-0.1, -0.05) is 0 Å². The Balaban J connectivity index is 2.23. The highest BCUT2D eigenvalue weighted by Gasteiger charge is 2.14. The Kier molecular flexibility index (Phi) is 2.38. The monoisotopic (exact) mass is 154 g/mol. The minimum absolute atomic E-state index is 0.00810. The zero-order chi connectivity index (χ0) is 5.98. The van der Waals surface area contributed by atoms with Crippen LogP contribution in [-0.2, 0) is 0 Å². The maximum Gasteiger partial charge on any atom is 0.0963 e. The molecule has 0 aliphatic carbocycles. The van der Waals surface area contributed by atoms with Crippen LogP contribution in [-0.4, -0.2) is 24.1 Å². The first-order valence-corrected chi connectivity index (χ1v) is 3.41. The lowest BCUT2D eigenvalue weighted by Crippen LogP contribution is -2.49. The van der Waals surface area contributed by atoms with Gasteiger partial charge in [0.15, 0.2) is 0 Å². The van der Waals surface area contributed by atoms with Crippen molar-refractivity contribution in [3.05, 3.63) is 0 Å². The van der Waals surface area contributed by atoms with Gasteiger partial charge in [0.1, 0.15) is 0 Å². The molecule has 1 fully saturated rings. The van der Waals surface area contributed by atoms with Crippen molar-refractivity contribution in [3.63, 3.8) is 0 Å². The van der Waals surface area contributed by atoms with Crippen LogP contribution in [0.3, 0.4) is 0 Å². The van der Waals surface area contributed by atoms with E-state index in [0.717, 1.165) is 13.1 Å². The summed E-state index contributed by atoms with van der Waals surface area (Å²) in [5.74, 6) is 0. The number of nitrogens with one attached hydrogen (secondary N) is 2. The molecule has 8 heavy (non-hydrogen) atoms. The lowest BCUT2D eigenvalue weighted by atomic mass is 10.4. The van der Waals surface area contributed by atoms with Gasteiger partial charge in [-0.15, -0.1) is 23.2 Å². The standard InChI is InChI=1S/C4H8Cl2N2/c5-3-1-7-2-4(6)8-3/h3-4,7-8H,1-2H2. The van der Waals surface area contributed by atoms with Crippen LogP contribution in [0.15, 0.2) is 0 Å². The van der Waals surface area contributed by atoms with Gasteiger partial charge in [0, 0.05) is 13.1 Å². The van der Waals surface area contributed by atoms with Crippen LogP contribution >= 0.6 is 23.2 Å². The fourth-order valence-electron chi connectivity index (χ4n) is 0.651. The van der Waals surface area contributed by atoms with Gasteiger partial charge in [0.25, 0.3) is 0 Å². The van der Waals surface area contributed by atoms with E-state index in [9.17, 15) is 0 Å². The highest BCUT2D eigenvalue weighted by atomic mass is 35.5. The average Bonchev–Trinajstić information content (AvgIpc) is 1.64. The molecule has 2 nitrogen and oxygen atoms in total. The van der Waals surface area contributed by atoms with Gasteiger partial charge in [0.2, 0.25) is 0 Å². The summed E-state index contributed by atoms with van der Waals surface area (Å²) in [6.07, 6.45) is 0. The van der Waals surface area contributed by atoms with Crippen molar-refractivity contribution in [2.45, 2.75) is 11.0 Å². The first-order chi connectivity index (χ1) is 3.79. The van der Waals surface area contributed by atoms with Crippen LogP contribution in [0.1, 0.15) is 0 Å². The highest BCUT2D eigenvalue weighted by Crippen LogP contribution is 2.00. The third kappa shape index (κ3) is 1.78. The molecule has 2 atom stereocenters. The Labute approximate surface area is 58.5 Å². The second kappa shape index (κ2) is 2.87. The molecule has 1 rings (SSSR count). The molecule has 0 aromatic rings. The van der Waals surface area contributed by atoms with E-state index < -0.39 is 0 Å². The number of hydrogen-bond acceptors (Lipinski definition) is 2. The van der Waals surface area contributed by atoms with Crippen molar-refractivity contribution in [1.29, 1.82) is 0 Å². The maximum atomic E-state index is 5.65. The molecule has 0 radical (unpaired) electrons. The SMILES string of the molecule is ClC1CNCC(Cl)N1. The lowest BCUT2D eigenvalue weighted by Gasteiger charge is -2.23. The van der Waals surface area contributed by atoms with E-state index in [1.807, 2.05) is 0 Å². The molecular formula is C4H8Cl2N2. The number of hydrogen-bond donors (Lipinski definition) is 2. The Morgan fingerprint density at radius 1 is 1.12 bits per heavy atom. The third-order valence-corrected chi connectivity index (χ3v) is 1.57. The van der Waals surface area contributed by atoms with Gasteiger partial charge in [-0.2, -0.15) is 0 Å². The van der Waals surface area contributed by atoms with Gasteiger partial charge in [-0.25, -0.2) is 0 Å². The summed E-state index contributed by atoms with van der Waals surface area (Å²) in [6.45, 7) is 1.59. The maximum absolute atomic E-state index is 5.65. The zero-order valence-corrected chi connectivity index (χ0v) is 5.84. The van der Waals surface area contributed by atoms with Gasteiger partial charge in [-0.05, 0) is 0 Å². The minimum Gasteiger partial charge on any atom is -0.311 e. The fraction of sp³-hybridized carbons (Fsp3) is 1.00. The number of piperazine rings is 1. The van der Waals surface area contributed by atoms with Gasteiger partial charge in [0.05, 0.1) is 11.0 Å².